The molecule has 0 spiro atoms. The van der Waals surface area contributed by atoms with Gasteiger partial charge in [0.1, 0.15) is 16.3 Å². The zero-order chi connectivity index (χ0) is 14.1. The highest BCUT2D eigenvalue weighted by atomic mass is 32.1. The molecule has 0 bridgehead atoms. The van der Waals surface area contributed by atoms with Crippen LogP contribution in [-0.2, 0) is 0 Å². The van der Waals surface area contributed by atoms with Crippen molar-refractivity contribution in [3.63, 3.8) is 0 Å². The van der Waals surface area contributed by atoms with Crippen molar-refractivity contribution in [2.24, 2.45) is 0 Å². The molecular weight excluding hydrogens is 276 g/mol. The number of carboxylic acid groups (broad SMARTS) is 1. The molecule has 1 aromatic carbocycles. The molecule has 2 aromatic rings. The highest BCUT2D eigenvalue weighted by Crippen LogP contribution is 2.36. The minimum Gasteiger partial charge on any atom is -0.493 e. The van der Waals surface area contributed by atoms with Gasteiger partial charge in [0, 0.05) is 12.0 Å². The van der Waals surface area contributed by atoms with Gasteiger partial charge in [-0.3, -0.25) is 0 Å². The first kappa shape index (κ1) is 12.9. The minimum atomic E-state index is -0.945. The molecule has 20 heavy (non-hydrogen) atoms. The highest BCUT2D eigenvalue weighted by Gasteiger charge is 2.25. The number of rotatable bonds is 3. The van der Waals surface area contributed by atoms with Crippen molar-refractivity contribution in [3.05, 3.63) is 41.1 Å². The fourth-order valence-corrected chi connectivity index (χ4v) is 3.21. The summed E-state index contributed by atoms with van der Waals surface area (Å²) in [5.74, 6) is -0.0894. The summed E-state index contributed by atoms with van der Waals surface area (Å²) >= 11 is 1.19. The Bertz CT molecular complexity index is 654. The highest BCUT2D eigenvalue weighted by molar-refractivity contribution is 7.10. The van der Waals surface area contributed by atoms with Crippen LogP contribution in [0.4, 0.5) is 5.00 Å². The van der Waals surface area contributed by atoms with Gasteiger partial charge in [-0.25, -0.2) is 4.79 Å². The fourth-order valence-electron chi connectivity index (χ4n) is 2.37. The Labute approximate surface area is 120 Å². The maximum atomic E-state index is 11.3. The van der Waals surface area contributed by atoms with Gasteiger partial charge in [-0.1, -0.05) is 18.2 Å². The molecule has 1 atom stereocenters. The number of benzene rings is 1. The number of hydrogen-bond donors (Lipinski definition) is 2. The Morgan fingerprint density at radius 2 is 2.30 bits per heavy atom. The van der Waals surface area contributed by atoms with E-state index in [0.717, 1.165) is 17.7 Å². The molecule has 2 N–H and O–H groups in total. The monoisotopic (exact) mass is 290 g/mol. The van der Waals surface area contributed by atoms with Gasteiger partial charge < -0.3 is 15.2 Å². The summed E-state index contributed by atoms with van der Waals surface area (Å²) in [5.41, 5.74) is 1.87. The van der Waals surface area contributed by atoms with Gasteiger partial charge in [-0.15, -0.1) is 0 Å². The lowest BCUT2D eigenvalue weighted by atomic mass is 10.0. The fraction of sp³-hybridized carbons (Fsp3) is 0.286. The first-order valence-electron chi connectivity index (χ1n) is 6.34. The Morgan fingerprint density at radius 3 is 3.10 bits per heavy atom. The summed E-state index contributed by atoms with van der Waals surface area (Å²) in [5, 5.41) is 13.2. The van der Waals surface area contributed by atoms with Gasteiger partial charge in [0.15, 0.2) is 0 Å². The summed E-state index contributed by atoms with van der Waals surface area (Å²) in [6.45, 7) is 2.33. The Kier molecular flexibility index (Phi) is 3.31. The number of aryl methyl sites for hydroxylation is 1. The lowest BCUT2D eigenvalue weighted by Crippen LogP contribution is -2.20. The number of carbonyl (C=O) groups is 1. The maximum absolute atomic E-state index is 11.3. The second kappa shape index (κ2) is 5.13. The molecular formula is C14H14N2O3S. The normalized spacial score (nSPS) is 17.1. The molecule has 104 valence electrons. The molecule has 1 aromatic heterocycles. The molecule has 0 fully saturated rings. The minimum absolute atomic E-state index is 0.0536. The second-order valence-corrected chi connectivity index (χ2v) is 5.42. The average molecular weight is 290 g/mol. The molecule has 1 aliphatic rings. The standard InChI is InChI=1S/C14H14N2O3S/c1-8-12(14(17)18)13(20-16-8)15-10-6-7-19-11-5-3-2-4-9(10)11/h2-5,10,15H,6-7H2,1H3,(H,17,18). The molecule has 6 heteroatoms. The van der Waals surface area contributed by atoms with Crippen molar-refractivity contribution in [2.75, 3.05) is 11.9 Å². The molecule has 0 saturated heterocycles. The zero-order valence-electron chi connectivity index (χ0n) is 10.9. The molecule has 0 radical (unpaired) electrons. The van der Waals surface area contributed by atoms with E-state index in [1.54, 1.807) is 6.92 Å². The molecule has 0 aliphatic carbocycles. The van der Waals surface area contributed by atoms with E-state index in [1.807, 2.05) is 24.3 Å². The predicted molar refractivity (Wildman–Crippen MR) is 76.7 cm³/mol. The molecule has 0 saturated carbocycles. The molecule has 3 rings (SSSR count). The van der Waals surface area contributed by atoms with Crippen LogP contribution < -0.4 is 10.1 Å². The van der Waals surface area contributed by atoms with Crippen LogP contribution in [0.3, 0.4) is 0 Å². The summed E-state index contributed by atoms with van der Waals surface area (Å²) in [6.07, 6.45) is 0.799. The molecule has 1 unspecified atom stereocenters. The van der Waals surface area contributed by atoms with E-state index < -0.39 is 5.97 Å². The lowest BCUT2D eigenvalue weighted by molar-refractivity contribution is 0.0697. The van der Waals surface area contributed by atoms with Crippen molar-refractivity contribution < 1.29 is 14.6 Å². The summed E-state index contributed by atoms with van der Waals surface area (Å²) < 4.78 is 9.73. The van der Waals surface area contributed by atoms with E-state index in [9.17, 15) is 9.90 Å². The molecule has 1 aliphatic heterocycles. The van der Waals surface area contributed by atoms with Crippen LogP contribution in [-0.4, -0.2) is 22.1 Å². The van der Waals surface area contributed by atoms with E-state index in [2.05, 4.69) is 9.69 Å². The van der Waals surface area contributed by atoms with Crippen LogP contribution in [0.1, 0.15) is 34.1 Å². The first-order valence-corrected chi connectivity index (χ1v) is 7.12. The molecule has 0 amide bonds. The van der Waals surface area contributed by atoms with Gasteiger partial charge in [0.2, 0.25) is 0 Å². The van der Waals surface area contributed by atoms with Gasteiger partial charge in [0.25, 0.3) is 0 Å². The van der Waals surface area contributed by atoms with Crippen molar-refractivity contribution in [2.45, 2.75) is 19.4 Å². The van der Waals surface area contributed by atoms with Crippen LogP contribution >= 0.6 is 11.5 Å². The number of nitrogens with zero attached hydrogens (tertiary/aromatic N) is 1. The number of aromatic carboxylic acids is 1. The number of nitrogens with one attached hydrogen (secondary N) is 1. The summed E-state index contributed by atoms with van der Waals surface area (Å²) in [7, 11) is 0. The SMILES string of the molecule is Cc1nsc(NC2CCOc3ccccc32)c1C(=O)O. The Morgan fingerprint density at radius 1 is 1.50 bits per heavy atom. The number of hydrogen-bond acceptors (Lipinski definition) is 5. The lowest BCUT2D eigenvalue weighted by Gasteiger charge is -2.26. The largest absolute Gasteiger partial charge is 0.493 e. The third-order valence-corrected chi connectivity index (χ3v) is 4.21. The van der Waals surface area contributed by atoms with Crippen molar-refractivity contribution >= 4 is 22.5 Å². The quantitative estimate of drug-likeness (QED) is 0.909. The van der Waals surface area contributed by atoms with Crippen molar-refractivity contribution in [1.82, 2.24) is 4.37 Å². The van der Waals surface area contributed by atoms with E-state index in [-0.39, 0.29) is 11.6 Å². The van der Waals surface area contributed by atoms with Crippen LogP contribution in [0.2, 0.25) is 0 Å². The Hall–Kier alpha value is -2.08. The average Bonchev–Trinajstić information content (AvgIpc) is 2.80. The van der Waals surface area contributed by atoms with Gasteiger partial charge >= 0.3 is 5.97 Å². The number of carboxylic acids is 1. The maximum Gasteiger partial charge on any atom is 0.340 e. The van der Waals surface area contributed by atoms with Gasteiger partial charge in [-0.05, 0) is 24.5 Å². The Balaban J connectivity index is 1.92. The number of anilines is 1. The van der Waals surface area contributed by atoms with Crippen LogP contribution in [0.5, 0.6) is 5.75 Å². The van der Waals surface area contributed by atoms with Crippen LogP contribution in [0, 0.1) is 6.92 Å². The summed E-state index contributed by atoms with van der Waals surface area (Å²) in [6, 6.07) is 7.87. The second-order valence-electron chi connectivity index (χ2n) is 4.65. The third-order valence-electron chi connectivity index (χ3n) is 3.34. The molecule has 5 nitrogen and oxygen atoms in total. The topological polar surface area (TPSA) is 71.5 Å². The van der Waals surface area contributed by atoms with Crippen molar-refractivity contribution in [1.29, 1.82) is 0 Å². The first-order chi connectivity index (χ1) is 9.66. The smallest absolute Gasteiger partial charge is 0.340 e. The van der Waals surface area contributed by atoms with E-state index >= 15 is 0 Å². The summed E-state index contributed by atoms with van der Waals surface area (Å²) in [4.78, 5) is 11.3. The number of ether oxygens (including phenoxy) is 1. The van der Waals surface area contributed by atoms with E-state index in [0.29, 0.717) is 17.3 Å². The van der Waals surface area contributed by atoms with Crippen molar-refractivity contribution in [3.8, 4) is 5.75 Å². The van der Waals surface area contributed by atoms with E-state index in [4.69, 9.17) is 4.74 Å². The third kappa shape index (κ3) is 2.22. The molecule has 2 heterocycles. The predicted octanol–water partition coefficient (Wildman–Crippen LogP) is 3.09. The zero-order valence-corrected chi connectivity index (χ0v) is 11.7. The number of fused-ring (bicyclic) bond motifs is 1. The van der Waals surface area contributed by atoms with Gasteiger partial charge in [-0.2, -0.15) is 4.37 Å². The van der Waals surface area contributed by atoms with E-state index in [1.165, 1.54) is 11.5 Å². The number of aromatic nitrogens is 1. The number of para-hydroxylation sites is 1. The van der Waals surface area contributed by atoms with Gasteiger partial charge in [0.05, 0.1) is 18.3 Å². The van der Waals surface area contributed by atoms with Crippen LogP contribution in [0.25, 0.3) is 0 Å². The van der Waals surface area contributed by atoms with Crippen LogP contribution in [0.15, 0.2) is 24.3 Å².